The lowest BCUT2D eigenvalue weighted by molar-refractivity contribution is -0.149. The highest BCUT2D eigenvalue weighted by atomic mass is 16.4. The highest BCUT2D eigenvalue weighted by molar-refractivity contribution is 5.77. The van der Waals surface area contributed by atoms with Crippen molar-refractivity contribution in [3.05, 3.63) is 31.0 Å². The normalized spacial score (nSPS) is 25.9. The molecule has 1 spiro atoms. The summed E-state index contributed by atoms with van der Waals surface area (Å²) in [7, 11) is 0. The van der Waals surface area contributed by atoms with Gasteiger partial charge >= 0.3 is 5.97 Å². The maximum atomic E-state index is 12.1. The molecular weight excluding hydrogens is 292 g/mol. The summed E-state index contributed by atoms with van der Waals surface area (Å²) in [5, 5.41) is 14.3. The van der Waals surface area contributed by atoms with Crippen LogP contribution in [0.1, 0.15) is 44.9 Å². The van der Waals surface area contributed by atoms with E-state index in [2.05, 4.69) is 15.1 Å². The Balaban J connectivity index is 1.68. The van der Waals surface area contributed by atoms with Gasteiger partial charge in [-0.2, -0.15) is 5.10 Å². The zero-order valence-corrected chi connectivity index (χ0v) is 13.0. The third-order valence-electron chi connectivity index (χ3n) is 5.62. The number of aromatic nitrogens is 4. The van der Waals surface area contributed by atoms with E-state index in [1.807, 2.05) is 6.20 Å². The van der Waals surface area contributed by atoms with E-state index < -0.39 is 11.5 Å². The number of carbonyl (C=O) groups is 1. The SMILES string of the molecule is O=C(O)C1(n2cc(-c3ccncn3)cn2)CCCC2(CC2)CC1. The van der Waals surface area contributed by atoms with Crippen LogP contribution in [0, 0.1) is 5.41 Å². The van der Waals surface area contributed by atoms with Crippen LogP contribution in [-0.2, 0) is 10.3 Å². The second-order valence-electron chi connectivity index (χ2n) is 6.96. The summed E-state index contributed by atoms with van der Waals surface area (Å²) in [5.41, 5.74) is 1.11. The van der Waals surface area contributed by atoms with Gasteiger partial charge in [0.25, 0.3) is 0 Å². The molecule has 4 rings (SSSR count). The lowest BCUT2D eigenvalue weighted by Crippen LogP contribution is -2.42. The van der Waals surface area contributed by atoms with Gasteiger partial charge in [-0.25, -0.2) is 14.8 Å². The van der Waals surface area contributed by atoms with Crippen LogP contribution in [0.2, 0.25) is 0 Å². The third-order valence-corrected chi connectivity index (χ3v) is 5.62. The van der Waals surface area contributed by atoms with Crippen molar-refractivity contribution in [3.8, 4) is 11.3 Å². The van der Waals surface area contributed by atoms with Crippen molar-refractivity contribution in [1.82, 2.24) is 19.7 Å². The number of aliphatic carboxylic acids is 1. The fraction of sp³-hybridized carbons (Fsp3) is 0.529. The van der Waals surface area contributed by atoms with E-state index in [9.17, 15) is 9.90 Å². The summed E-state index contributed by atoms with van der Waals surface area (Å²) in [6.07, 6.45) is 13.6. The molecule has 2 aliphatic rings. The van der Waals surface area contributed by atoms with Crippen molar-refractivity contribution in [2.24, 2.45) is 5.41 Å². The van der Waals surface area contributed by atoms with Gasteiger partial charge in [0.15, 0.2) is 5.54 Å². The first-order valence-corrected chi connectivity index (χ1v) is 8.19. The molecule has 23 heavy (non-hydrogen) atoms. The predicted molar refractivity (Wildman–Crippen MR) is 83.6 cm³/mol. The van der Waals surface area contributed by atoms with Gasteiger partial charge in [-0.15, -0.1) is 0 Å². The summed E-state index contributed by atoms with van der Waals surface area (Å²) in [4.78, 5) is 20.2. The minimum Gasteiger partial charge on any atom is -0.479 e. The summed E-state index contributed by atoms with van der Waals surface area (Å²) >= 11 is 0. The monoisotopic (exact) mass is 312 g/mol. The van der Waals surface area contributed by atoms with Crippen LogP contribution in [0.3, 0.4) is 0 Å². The number of hydrogen-bond donors (Lipinski definition) is 1. The van der Waals surface area contributed by atoms with Gasteiger partial charge in [0.05, 0.1) is 11.9 Å². The van der Waals surface area contributed by atoms with E-state index in [-0.39, 0.29) is 0 Å². The molecule has 2 fully saturated rings. The first-order chi connectivity index (χ1) is 11.1. The number of carboxylic acids is 1. The van der Waals surface area contributed by atoms with E-state index in [1.54, 1.807) is 23.1 Å². The molecule has 2 aliphatic carbocycles. The van der Waals surface area contributed by atoms with E-state index in [1.165, 1.54) is 19.2 Å². The summed E-state index contributed by atoms with van der Waals surface area (Å²) in [6.45, 7) is 0. The minimum absolute atomic E-state index is 0.430. The molecule has 6 heteroatoms. The molecule has 0 saturated heterocycles. The van der Waals surface area contributed by atoms with Crippen molar-refractivity contribution in [2.45, 2.75) is 50.5 Å². The Morgan fingerprint density at radius 3 is 2.70 bits per heavy atom. The molecular formula is C17H20N4O2. The second kappa shape index (κ2) is 5.15. The van der Waals surface area contributed by atoms with Crippen LogP contribution in [0.4, 0.5) is 0 Å². The Morgan fingerprint density at radius 1 is 1.17 bits per heavy atom. The van der Waals surface area contributed by atoms with Gasteiger partial charge in [0.2, 0.25) is 0 Å². The van der Waals surface area contributed by atoms with E-state index >= 15 is 0 Å². The maximum Gasteiger partial charge on any atom is 0.331 e. The van der Waals surface area contributed by atoms with Crippen LogP contribution in [-0.4, -0.2) is 30.8 Å². The number of rotatable bonds is 3. The smallest absolute Gasteiger partial charge is 0.331 e. The molecule has 1 unspecified atom stereocenters. The molecule has 2 heterocycles. The second-order valence-corrected chi connectivity index (χ2v) is 6.96. The molecule has 0 amide bonds. The van der Waals surface area contributed by atoms with E-state index in [4.69, 9.17) is 0 Å². The topological polar surface area (TPSA) is 80.9 Å². The van der Waals surface area contributed by atoms with Crippen molar-refractivity contribution >= 4 is 5.97 Å². The average Bonchev–Trinajstić information content (AvgIpc) is 3.22. The highest BCUT2D eigenvalue weighted by Crippen LogP contribution is 2.57. The molecule has 6 nitrogen and oxygen atoms in total. The Morgan fingerprint density at radius 2 is 2.00 bits per heavy atom. The highest BCUT2D eigenvalue weighted by Gasteiger charge is 2.50. The predicted octanol–water partition coefficient (Wildman–Crippen LogP) is 2.86. The standard InChI is InChI=1S/C17H20N4O2/c22-15(23)17(4-1-3-16(5-6-16)7-8-17)21-11-13(10-20-21)14-2-9-18-12-19-14/h2,9-12H,1,3-8H2,(H,22,23). The van der Waals surface area contributed by atoms with Gasteiger partial charge in [-0.05, 0) is 56.4 Å². The zero-order valence-electron chi connectivity index (χ0n) is 13.0. The van der Waals surface area contributed by atoms with Crippen molar-refractivity contribution < 1.29 is 9.90 Å². The van der Waals surface area contributed by atoms with Crippen molar-refractivity contribution in [2.75, 3.05) is 0 Å². The van der Waals surface area contributed by atoms with Gasteiger partial charge in [-0.1, -0.05) is 0 Å². The summed E-state index contributed by atoms with van der Waals surface area (Å²) < 4.78 is 1.66. The fourth-order valence-corrected chi connectivity index (χ4v) is 3.85. The molecule has 0 aliphatic heterocycles. The lowest BCUT2D eigenvalue weighted by Gasteiger charge is -2.28. The minimum atomic E-state index is -0.919. The number of nitrogens with zero attached hydrogens (tertiary/aromatic N) is 4. The van der Waals surface area contributed by atoms with Crippen LogP contribution < -0.4 is 0 Å². The Hall–Kier alpha value is -2.24. The van der Waals surface area contributed by atoms with Crippen molar-refractivity contribution in [1.29, 1.82) is 0 Å². The molecule has 120 valence electrons. The van der Waals surface area contributed by atoms with Gasteiger partial charge in [-0.3, -0.25) is 4.68 Å². The Kier molecular flexibility index (Phi) is 3.21. The van der Waals surface area contributed by atoms with E-state index in [0.717, 1.165) is 30.5 Å². The van der Waals surface area contributed by atoms with Crippen LogP contribution in [0.25, 0.3) is 11.3 Å². The van der Waals surface area contributed by atoms with Crippen molar-refractivity contribution in [3.63, 3.8) is 0 Å². The van der Waals surface area contributed by atoms with Crippen LogP contribution >= 0.6 is 0 Å². The van der Waals surface area contributed by atoms with Gasteiger partial charge in [0.1, 0.15) is 6.33 Å². The average molecular weight is 312 g/mol. The molecule has 1 N–H and O–H groups in total. The first-order valence-electron chi connectivity index (χ1n) is 8.19. The summed E-state index contributed by atoms with van der Waals surface area (Å²) in [6, 6.07) is 1.81. The zero-order chi connectivity index (χ0) is 15.9. The number of carboxylic acid groups (broad SMARTS) is 1. The van der Waals surface area contributed by atoms with Gasteiger partial charge < -0.3 is 5.11 Å². The molecule has 2 aromatic rings. The van der Waals surface area contributed by atoms with Crippen LogP contribution in [0.15, 0.2) is 31.0 Å². The molecule has 0 radical (unpaired) electrons. The molecule has 0 bridgehead atoms. The van der Waals surface area contributed by atoms with E-state index in [0.29, 0.717) is 18.3 Å². The first kappa shape index (κ1) is 14.4. The van der Waals surface area contributed by atoms with Gasteiger partial charge in [0, 0.05) is 18.0 Å². The number of hydrogen-bond acceptors (Lipinski definition) is 4. The Bertz CT molecular complexity index is 723. The fourth-order valence-electron chi connectivity index (χ4n) is 3.85. The lowest BCUT2D eigenvalue weighted by atomic mass is 9.89. The maximum absolute atomic E-state index is 12.1. The molecule has 2 saturated carbocycles. The molecule has 1 atom stereocenters. The van der Waals surface area contributed by atoms with Crippen LogP contribution in [0.5, 0.6) is 0 Å². The third kappa shape index (κ3) is 2.42. The Labute approximate surface area is 134 Å². The quantitative estimate of drug-likeness (QED) is 0.942. The molecule has 2 aromatic heterocycles. The largest absolute Gasteiger partial charge is 0.479 e. The molecule has 0 aromatic carbocycles. The summed E-state index contributed by atoms with van der Waals surface area (Å²) in [5.74, 6) is -0.771.